The van der Waals surface area contributed by atoms with Crippen LogP contribution in [0.4, 0.5) is 0 Å². The number of morpholine rings is 1. The fraction of sp³-hybridized carbons (Fsp3) is 0.519. The van der Waals surface area contributed by atoms with Crippen molar-refractivity contribution in [2.45, 2.75) is 39.3 Å². The van der Waals surface area contributed by atoms with Crippen LogP contribution in [0.1, 0.15) is 38.8 Å². The molecule has 1 fully saturated rings. The number of carbonyl (C=O) groups excluding carboxylic acids is 2. The number of rotatable bonds is 10. The Morgan fingerprint density at radius 2 is 1.84 bits per heavy atom. The number of hydrogen-bond donors (Lipinski definition) is 1. The predicted molar refractivity (Wildman–Crippen MR) is 146 cm³/mol. The summed E-state index contributed by atoms with van der Waals surface area (Å²) < 4.78 is 22.0. The summed E-state index contributed by atoms with van der Waals surface area (Å²) in [5.41, 5.74) is 2.52. The van der Waals surface area contributed by atoms with Crippen molar-refractivity contribution in [3.63, 3.8) is 0 Å². The Morgan fingerprint density at radius 3 is 2.47 bits per heavy atom. The van der Waals surface area contributed by atoms with Crippen LogP contribution in [-0.2, 0) is 19.1 Å². The molecule has 10 nitrogen and oxygen atoms in total. The minimum Gasteiger partial charge on any atom is -0.497 e. The number of amidine groups is 1. The smallest absolute Gasteiger partial charge is 0.338 e. The van der Waals surface area contributed by atoms with Gasteiger partial charge in [-0.25, -0.2) is 9.79 Å². The maximum atomic E-state index is 13.4. The highest BCUT2D eigenvalue weighted by Crippen LogP contribution is 2.46. The van der Waals surface area contributed by atoms with Gasteiger partial charge < -0.3 is 29.2 Å². The van der Waals surface area contributed by atoms with Gasteiger partial charge in [0.15, 0.2) is 5.17 Å². The number of methoxy groups -OCH3 is 2. The van der Waals surface area contributed by atoms with Crippen LogP contribution < -0.4 is 14.8 Å². The van der Waals surface area contributed by atoms with E-state index < -0.39 is 12.0 Å². The molecule has 38 heavy (non-hydrogen) atoms. The van der Waals surface area contributed by atoms with Crippen molar-refractivity contribution in [1.82, 2.24) is 15.1 Å². The van der Waals surface area contributed by atoms with E-state index in [9.17, 15) is 9.59 Å². The highest BCUT2D eigenvalue weighted by molar-refractivity contribution is 8.16. The Kier molecular flexibility index (Phi) is 9.35. The van der Waals surface area contributed by atoms with Gasteiger partial charge in [-0.15, -0.1) is 0 Å². The number of carbonyl (C=O) groups is 2. The van der Waals surface area contributed by atoms with Gasteiger partial charge in [0, 0.05) is 37.9 Å². The number of nitrogens with zero attached hydrogens (tertiary/aromatic N) is 3. The summed E-state index contributed by atoms with van der Waals surface area (Å²) in [6.45, 7) is 9.96. The van der Waals surface area contributed by atoms with Gasteiger partial charge in [-0.05, 0) is 43.9 Å². The van der Waals surface area contributed by atoms with Gasteiger partial charge in [0.25, 0.3) is 0 Å². The number of thioether (sulfide) groups is 1. The largest absolute Gasteiger partial charge is 0.497 e. The molecule has 0 aliphatic carbocycles. The Bertz CT molecular complexity index is 1120. The summed E-state index contributed by atoms with van der Waals surface area (Å²) >= 11 is 1.44. The van der Waals surface area contributed by atoms with Gasteiger partial charge in [0.05, 0.1) is 57.3 Å². The highest BCUT2D eigenvalue weighted by Gasteiger charge is 2.41. The molecule has 3 aliphatic heterocycles. The lowest BCUT2D eigenvalue weighted by Crippen LogP contribution is -2.42. The molecule has 0 bridgehead atoms. The van der Waals surface area contributed by atoms with Crippen molar-refractivity contribution < 1.29 is 28.5 Å². The zero-order valence-electron chi connectivity index (χ0n) is 22.6. The number of allylic oxidation sites excluding steroid dienone is 1. The van der Waals surface area contributed by atoms with E-state index in [0.717, 1.165) is 44.1 Å². The van der Waals surface area contributed by atoms with Gasteiger partial charge in [0.2, 0.25) is 5.91 Å². The average molecular weight is 545 g/mol. The summed E-state index contributed by atoms with van der Waals surface area (Å²) in [6.07, 6.45) is -0.146. The minimum atomic E-state index is -0.569. The monoisotopic (exact) mass is 544 g/mol. The zero-order valence-corrected chi connectivity index (χ0v) is 23.4. The zero-order chi connectivity index (χ0) is 27.2. The molecule has 4 rings (SSSR count). The molecule has 0 unspecified atom stereocenters. The van der Waals surface area contributed by atoms with Crippen LogP contribution in [0.3, 0.4) is 0 Å². The lowest BCUT2D eigenvalue weighted by Gasteiger charge is -2.36. The fourth-order valence-corrected chi connectivity index (χ4v) is 5.58. The first-order valence-electron chi connectivity index (χ1n) is 12.8. The molecule has 0 saturated carbocycles. The second-order valence-corrected chi connectivity index (χ2v) is 10.3. The van der Waals surface area contributed by atoms with Gasteiger partial charge in [-0.2, -0.15) is 0 Å². The van der Waals surface area contributed by atoms with E-state index in [0.29, 0.717) is 34.5 Å². The van der Waals surface area contributed by atoms with Crippen molar-refractivity contribution >= 4 is 28.8 Å². The predicted octanol–water partition coefficient (Wildman–Crippen LogP) is 3.07. The van der Waals surface area contributed by atoms with Gasteiger partial charge in [-0.1, -0.05) is 11.8 Å². The SMILES string of the molecule is COc1cc(OC)cc([C@H]2C(C(=O)OC(C)C)=C(C)N=C3SC=C(CC(=O)NCCN4CCOCC4)N32)c1. The van der Waals surface area contributed by atoms with Crippen molar-refractivity contribution in [3.05, 3.63) is 46.1 Å². The molecule has 1 atom stereocenters. The van der Waals surface area contributed by atoms with Crippen molar-refractivity contribution in [1.29, 1.82) is 0 Å². The number of amides is 1. The summed E-state index contributed by atoms with van der Waals surface area (Å²) in [5, 5.41) is 5.66. The van der Waals surface area contributed by atoms with E-state index >= 15 is 0 Å². The Labute approximate surface area is 228 Å². The summed E-state index contributed by atoms with van der Waals surface area (Å²) in [4.78, 5) is 35.3. The highest BCUT2D eigenvalue weighted by atomic mass is 32.2. The van der Waals surface area contributed by atoms with Crippen LogP contribution in [0.25, 0.3) is 0 Å². The molecule has 3 heterocycles. The number of hydrogen-bond acceptors (Lipinski definition) is 10. The van der Waals surface area contributed by atoms with E-state index in [4.69, 9.17) is 23.9 Å². The van der Waals surface area contributed by atoms with E-state index in [-0.39, 0.29) is 18.4 Å². The van der Waals surface area contributed by atoms with Crippen LogP contribution in [0, 0.1) is 0 Å². The molecule has 1 amide bonds. The van der Waals surface area contributed by atoms with Crippen molar-refractivity contribution in [2.75, 3.05) is 53.6 Å². The number of esters is 1. The van der Waals surface area contributed by atoms with Crippen LogP contribution in [-0.4, -0.2) is 86.6 Å². The lowest BCUT2D eigenvalue weighted by atomic mass is 9.93. The molecule has 1 aromatic carbocycles. The molecular weight excluding hydrogens is 508 g/mol. The molecule has 0 radical (unpaired) electrons. The molecule has 0 aromatic heterocycles. The first-order chi connectivity index (χ1) is 18.3. The molecule has 0 spiro atoms. The maximum Gasteiger partial charge on any atom is 0.338 e. The average Bonchev–Trinajstić information content (AvgIpc) is 3.29. The third kappa shape index (κ3) is 6.51. The van der Waals surface area contributed by atoms with E-state index in [1.807, 2.05) is 43.2 Å². The number of fused-ring (bicyclic) bond motifs is 1. The second-order valence-electron chi connectivity index (χ2n) is 9.47. The number of ether oxygens (including phenoxy) is 4. The maximum absolute atomic E-state index is 13.4. The van der Waals surface area contributed by atoms with Crippen LogP contribution in [0.2, 0.25) is 0 Å². The summed E-state index contributed by atoms with van der Waals surface area (Å²) in [7, 11) is 3.17. The molecule has 1 N–H and O–H groups in total. The minimum absolute atomic E-state index is 0.0917. The summed E-state index contributed by atoms with van der Waals surface area (Å²) in [5.74, 6) is 0.649. The van der Waals surface area contributed by atoms with Crippen LogP contribution >= 0.6 is 11.8 Å². The van der Waals surface area contributed by atoms with Crippen molar-refractivity contribution in [2.24, 2.45) is 4.99 Å². The number of nitrogens with one attached hydrogen (secondary N) is 1. The standard InChI is InChI=1S/C27H36N4O6S/c1-17(2)37-26(33)24-18(3)29-27-31(25(24)19-12-21(34-4)15-22(13-19)35-5)20(16-38-27)14-23(32)28-6-7-30-8-10-36-11-9-30/h12-13,15-17,25H,6-11,14H2,1-5H3,(H,28,32)/t25-/m0/s1. The van der Waals surface area contributed by atoms with Crippen LogP contribution in [0.15, 0.2) is 45.6 Å². The third-order valence-corrected chi connectivity index (χ3v) is 7.34. The van der Waals surface area contributed by atoms with E-state index in [2.05, 4.69) is 10.2 Å². The quantitative estimate of drug-likeness (QED) is 0.445. The third-order valence-electron chi connectivity index (χ3n) is 6.45. The first-order valence-corrected chi connectivity index (χ1v) is 13.6. The Balaban J connectivity index is 1.60. The van der Waals surface area contributed by atoms with Crippen LogP contribution in [0.5, 0.6) is 11.5 Å². The number of aliphatic imine (C=N–C) groups is 1. The molecule has 1 saturated heterocycles. The topological polar surface area (TPSA) is 102 Å². The fourth-order valence-electron chi connectivity index (χ4n) is 4.62. The first kappa shape index (κ1) is 28.0. The van der Waals surface area contributed by atoms with Crippen molar-refractivity contribution in [3.8, 4) is 11.5 Å². The molecule has 1 aromatic rings. The molecule has 206 valence electrons. The Morgan fingerprint density at radius 1 is 1.16 bits per heavy atom. The van der Waals surface area contributed by atoms with Gasteiger partial charge in [0.1, 0.15) is 11.5 Å². The summed E-state index contributed by atoms with van der Waals surface area (Å²) in [6, 6.07) is 4.95. The van der Waals surface area contributed by atoms with Gasteiger partial charge in [-0.3, -0.25) is 9.69 Å². The Hall–Kier alpha value is -3.02. The lowest BCUT2D eigenvalue weighted by molar-refractivity contribution is -0.143. The normalized spacial score (nSPS) is 19.6. The molecule has 11 heteroatoms. The van der Waals surface area contributed by atoms with Gasteiger partial charge >= 0.3 is 5.97 Å². The number of benzene rings is 1. The van der Waals surface area contributed by atoms with E-state index in [1.54, 1.807) is 20.3 Å². The molecule has 3 aliphatic rings. The van der Waals surface area contributed by atoms with E-state index in [1.165, 1.54) is 11.8 Å². The molecular formula is C27H36N4O6S. The second kappa shape index (κ2) is 12.7.